The number of carboxylic acids is 2. The summed E-state index contributed by atoms with van der Waals surface area (Å²) in [6, 6.07) is 24.4. The van der Waals surface area contributed by atoms with Crippen molar-refractivity contribution < 1.29 is 24.6 Å². The molecule has 0 unspecified atom stereocenters. The largest absolute Gasteiger partial charge is 0.473 e. The molecule has 0 aliphatic carbocycles. The van der Waals surface area contributed by atoms with Gasteiger partial charge in [0.2, 0.25) is 0 Å². The molecule has 1 fully saturated rings. The van der Waals surface area contributed by atoms with Crippen molar-refractivity contribution in [2.75, 3.05) is 51.2 Å². The third-order valence-corrected chi connectivity index (χ3v) is 7.94. The van der Waals surface area contributed by atoms with Crippen molar-refractivity contribution in [2.45, 2.75) is 22.6 Å². The van der Waals surface area contributed by atoms with Crippen LogP contribution in [0.2, 0.25) is 0 Å². The minimum Gasteiger partial charge on any atom is -0.473 e. The van der Waals surface area contributed by atoms with Crippen LogP contribution in [0.4, 0.5) is 11.4 Å². The fourth-order valence-corrected chi connectivity index (χ4v) is 5.72. The zero-order valence-corrected chi connectivity index (χ0v) is 22.8. The maximum absolute atomic E-state index is 13.1. The van der Waals surface area contributed by atoms with Gasteiger partial charge in [-0.15, -0.1) is 0 Å². The molecule has 9 heteroatoms. The number of carboxylic acid groups (broad SMARTS) is 2. The summed E-state index contributed by atoms with van der Waals surface area (Å²) >= 11 is 1.80. The Labute approximate surface area is 232 Å². The van der Waals surface area contributed by atoms with Crippen molar-refractivity contribution in [1.82, 2.24) is 9.80 Å². The molecule has 3 aromatic rings. The van der Waals surface area contributed by atoms with Crippen molar-refractivity contribution in [1.29, 1.82) is 0 Å². The molecule has 2 aliphatic rings. The minimum atomic E-state index is -1.82. The molecule has 0 bridgehead atoms. The highest BCUT2D eigenvalue weighted by Gasteiger charge is 2.24. The number of aliphatic carboxylic acids is 2. The monoisotopic (exact) mass is 547 g/mol. The summed E-state index contributed by atoms with van der Waals surface area (Å²) in [6.45, 7) is 6.81. The molecule has 8 nitrogen and oxygen atoms in total. The van der Waals surface area contributed by atoms with Gasteiger partial charge in [-0.25, -0.2) is 9.59 Å². The highest BCUT2D eigenvalue weighted by atomic mass is 32.2. The van der Waals surface area contributed by atoms with Gasteiger partial charge in [0.05, 0.1) is 11.4 Å². The van der Waals surface area contributed by atoms with Gasteiger partial charge in [-0.3, -0.25) is 4.79 Å². The standard InChI is InChI=1S/C28H31N3OS.C2H2O4/c1-29-17-19-30(20-18-29)15-7-8-16-31-24-11-5-6-12-26(24)33-27-14-13-23(21-25(27)31)28(32)22-9-3-2-4-10-22;3-1(4)2(5)6/h2-6,9-14,21H,7-8,15-20H2,1H3;(H,3,4)(H,5,6). The Kier molecular flexibility index (Phi) is 9.75. The van der Waals surface area contributed by atoms with Crippen molar-refractivity contribution in [3.05, 3.63) is 83.9 Å². The molecular weight excluding hydrogens is 514 g/mol. The number of unbranched alkanes of at least 4 members (excludes halogenated alkanes) is 1. The molecule has 2 N–H and O–H groups in total. The van der Waals surface area contributed by atoms with E-state index in [0.717, 1.165) is 36.3 Å². The fraction of sp³-hybridized carbons (Fsp3) is 0.300. The Morgan fingerprint density at radius 1 is 0.718 bits per heavy atom. The van der Waals surface area contributed by atoms with Gasteiger partial charge in [0.15, 0.2) is 5.78 Å². The van der Waals surface area contributed by atoms with Crippen molar-refractivity contribution in [2.24, 2.45) is 0 Å². The van der Waals surface area contributed by atoms with Crippen molar-refractivity contribution in [3.8, 4) is 0 Å². The third kappa shape index (κ3) is 7.47. The van der Waals surface area contributed by atoms with Gasteiger partial charge in [0.25, 0.3) is 0 Å². The molecule has 2 heterocycles. The number of para-hydroxylation sites is 1. The van der Waals surface area contributed by atoms with E-state index in [0.29, 0.717) is 0 Å². The van der Waals surface area contributed by atoms with Crippen LogP contribution in [-0.4, -0.2) is 84.1 Å². The highest BCUT2D eigenvalue weighted by Crippen LogP contribution is 2.48. The summed E-state index contributed by atoms with van der Waals surface area (Å²) in [5.74, 6) is -3.57. The molecule has 0 radical (unpaired) electrons. The number of carbonyl (C=O) groups excluding carboxylic acids is 1. The summed E-state index contributed by atoms with van der Waals surface area (Å²) in [5, 5.41) is 14.8. The summed E-state index contributed by atoms with van der Waals surface area (Å²) in [6.07, 6.45) is 2.31. The Morgan fingerprint density at radius 3 is 2.03 bits per heavy atom. The summed E-state index contributed by atoms with van der Waals surface area (Å²) < 4.78 is 0. The van der Waals surface area contributed by atoms with Gasteiger partial charge in [-0.1, -0.05) is 54.2 Å². The summed E-state index contributed by atoms with van der Waals surface area (Å²) in [7, 11) is 2.21. The molecule has 3 aromatic carbocycles. The number of ketones is 1. The molecular formula is C30H33N3O5S. The zero-order chi connectivity index (χ0) is 27.8. The normalized spacial score (nSPS) is 14.9. The Morgan fingerprint density at radius 2 is 1.33 bits per heavy atom. The number of piperazine rings is 1. The predicted octanol–water partition coefficient (Wildman–Crippen LogP) is 4.70. The molecule has 204 valence electrons. The first-order valence-electron chi connectivity index (χ1n) is 13.0. The second-order valence-electron chi connectivity index (χ2n) is 9.56. The predicted molar refractivity (Wildman–Crippen MR) is 152 cm³/mol. The smallest absolute Gasteiger partial charge is 0.414 e. The average Bonchev–Trinajstić information content (AvgIpc) is 2.96. The third-order valence-electron chi connectivity index (χ3n) is 6.81. The summed E-state index contributed by atoms with van der Waals surface area (Å²) in [5.41, 5.74) is 3.89. The van der Waals surface area contributed by atoms with Gasteiger partial charge in [0.1, 0.15) is 0 Å². The van der Waals surface area contributed by atoms with Gasteiger partial charge < -0.3 is 24.9 Å². The van der Waals surface area contributed by atoms with Crippen LogP contribution in [0.25, 0.3) is 0 Å². The van der Waals surface area contributed by atoms with Gasteiger partial charge in [0, 0.05) is 53.6 Å². The van der Waals surface area contributed by atoms with Crippen LogP contribution in [-0.2, 0) is 9.59 Å². The Hall–Kier alpha value is -3.66. The van der Waals surface area contributed by atoms with Crippen molar-refractivity contribution in [3.63, 3.8) is 0 Å². The molecule has 0 spiro atoms. The zero-order valence-electron chi connectivity index (χ0n) is 22.0. The minimum absolute atomic E-state index is 0.0808. The summed E-state index contributed by atoms with van der Waals surface area (Å²) in [4.78, 5) is 41.2. The lowest BCUT2D eigenvalue weighted by Gasteiger charge is -2.34. The first kappa shape index (κ1) is 28.4. The number of anilines is 2. The van der Waals surface area contributed by atoms with Crippen molar-refractivity contribution >= 4 is 40.9 Å². The number of likely N-dealkylation sites (N-methyl/N-ethyl adjacent to an activating group) is 1. The van der Waals surface area contributed by atoms with E-state index in [-0.39, 0.29) is 5.78 Å². The molecule has 0 saturated carbocycles. The quantitative estimate of drug-likeness (QED) is 0.248. The Bertz CT molecular complexity index is 1300. The van der Waals surface area contributed by atoms with E-state index in [1.54, 1.807) is 11.8 Å². The molecule has 39 heavy (non-hydrogen) atoms. The second-order valence-corrected chi connectivity index (χ2v) is 10.6. The first-order chi connectivity index (χ1) is 18.8. The van der Waals surface area contributed by atoms with E-state index in [2.05, 4.69) is 58.1 Å². The van der Waals surface area contributed by atoms with Crippen LogP contribution >= 0.6 is 11.8 Å². The Balaban J connectivity index is 0.000000531. The molecule has 0 aromatic heterocycles. The molecule has 0 amide bonds. The molecule has 1 saturated heterocycles. The number of nitrogens with zero attached hydrogens (tertiary/aromatic N) is 3. The van der Waals surface area contributed by atoms with Crippen LogP contribution in [0, 0.1) is 0 Å². The SMILES string of the molecule is CN1CCN(CCCCN2c3ccccc3Sc3ccc(C(=O)c4ccccc4)cc32)CC1.O=C(O)C(=O)O. The van der Waals surface area contributed by atoms with Crippen LogP contribution in [0.5, 0.6) is 0 Å². The van der Waals surface area contributed by atoms with E-state index in [1.807, 2.05) is 36.4 Å². The maximum atomic E-state index is 13.1. The molecule has 2 aliphatic heterocycles. The number of rotatable bonds is 7. The van der Waals surface area contributed by atoms with E-state index < -0.39 is 11.9 Å². The van der Waals surface area contributed by atoms with E-state index in [4.69, 9.17) is 19.8 Å². The number of hydrogen-bond acceptors (Lipinski definition) is 7. The lowest BCUT2D eigenvalue weighted by molar-refractivity contribution is -0.159. The topological polar surface area (TPSA) is 101 Å². The first-order valence-corrected chi connectivity index (χ1v) is 13.8. The van der Waals surface area contributed by atoms with Gasteiger partial charge in [-0.2, -0.15) is 0 Å². The van der Waals surface area contributed by atoms with E-state index >= 15 is 0 Å². The number of carbonyl (C=O) groups is 3. The fourth-order valence-electron chi connectivity index (χ4n) is 4.64. The number of hydrogen-bond donors (Lipinski definition) is 2. The molecule has 0 atom stereocenters. The van der Waals surface area contributed by atoms with E-state index in [1.165, 1.54) is 48.1 Å². The van der Waals surface area contributed by atoms with Crippen LogP contribution in [0.15, 0.2) is 82.6 Å². The molecule has 5 rings (SSSR count). The van der Waals surface area contributed by atoms with Crippen LogP contribution in [0.1, 0.15) is 28.8 Å². The van der Waals surface area contributed by atoms with Crippen LogP contribution < -0.4 is 4.90 Å². The number of benzene rings is 3. The second kappa shape index (κ2) is 13.4. The van der Waals surface area contributed by atoms with E-state index in [9.17, 15) is 4.79 Å². The number of fused-ring (bicyclic) bond motifs is 2. The van der Waals surface area contributed by atoms with Crippen LogP contribution in [0.3, 0.4) is 0 Å². The lowest BCUT2D eigenvalue weighted by atomic mass is 10.0. The van der Waals surface area contributed by atoms with Gasteiger partial charge in [-0.05, 0) is 56.8 Å². The highest BCUT2D eigenvalue weighted by molar-refractivity contribution is 7.99. The lowest BCUT2D eigenvalue weighted by Crippen LogP contribution is -2.44. The van der Waals surface area contributed by atoms with Gasteiger partial charge >= 0.3 is 11.9 Å². The average molecular weight is 548 g/mol. The maximum Gasteiger partial charge on any atom is 0.414 e.